The van der Waals surface area contributed by atoms with Crippen molar-refractivity contribution in [1.29, 1.82) is 0 Å². The number of unbranched alkanes of at least 4 members (excludes halogenated alkanes) is 5. The third-order valence-electron chi connectivity index (χ3n) is 3.50. The second kappa shape index (κ2) is 10.8. The van der Waals surface area contributed by atoms with E-state index in [4.69, 9.17) is 11.8 Å². The fraction of sp³-hybridized carbons (Fsp3) is 0.500. The number of nitrogens with two attached hydrogens (primary N) is 2. The monoisotopic (exact) mass is 308 g/mol. The van der Waals surface area contributed by atoms with Crippen LogP contribution < -0.4 is 11.8 Å². The quantitative estimate of drug-likeness (QED) is 0.508. The fourth-order valence-electron chi connectivity index (χ4n) is 2.29. The molecule has 0 unspecified atom stereocenters. The highest BCUT2D eigenvalue weighted by Gasteiger charge is 2.06. The van der Waals surface area contributed by atoms with Crippen LogP contribution in [0.1, 0.15) is 60.9 Å². The van der Waals surface area contributed by atoms with Gasteiger partial charge < -0.3 is 9.68 Å². The molecule has 0 fully saturated rings. The second-order valence-electron chi connectivity index (χ2n) is 5.22. The highest BCUT2D eigenvalue weighted by Crippen LogP contribution is 2.12. The van der Waals surface area contributed by atoms with Gasteiger partial charge >= 0.3 is 11.9 Å². The van der Waals surface area contributed by atoms with Gasteiger partial charge in [0.2, 0.25) is 0 Å². The van der Waals surface area contributed by atoms with E-state index in [0.717, 1.165) is 50.5 Å². The summed E-state index contributed by atoms with van der Waals surface area (Å²) < 4.78 is 0. The molecule has 0 aliphatic heterocycles. The summed E-state index contributed by atoms with van der Waals surface area (Å²) in [5, 5.41) is 0. The zero-order chi connectivity index (χ0) is 16.2. The summed E-state index contributed by atoms with van der Waals surface area (Å²) in [6.45, 7) is 0. The highest BCUT2D eigenvalue weighted by molar-refractivity contribution is 5.89. The normalized spacial score (nSPS) is 10.3. The van der Waals surface area contributed by atoms with E-state index in [-0.39, 0.29) is 5.97 Å². The Kier molecular flexibility index (Phi) is 8.86. The van der Waals surface area contributed by atoms with E-state index in [1.54, 1.807) is 6.07 Å². The van der Waals surface area contributed by atoms with Gasteiger partial charge in [-0.2, -0.15) is 11.8 Å². The molecule has 0 saturated carbocycles. The van der Waals surface area contributed by atoms with Crippen molar-refractivity contribution in [2.75, 3.05) is 0 Å². The molecule has 0 aromatic heterocycles. The zero-order valence-corrected chi connectivity index (χ0v) is 12.8. The van der Waals surface area contributed by atoms with Gasteiger partial charge in [0.05, 0.1) is 5.56 Å². The Hall–Kier alpha value is -1.92. The minimum absolute atomic E-state index is 0.351. The molecule has 0 bridgehead atoms. The summed E-state index contributed by atoms with van der Waals surface area (Å²) >= 11 is 0. The predicted octanol–water partition coefficient (Wildman–Crippen LogP) is 2.41. The van der Waals surface area contributed by atoms with Gasteiger partial charge in [0, 0.05) is 6.42 Å². The minimum atomic E-state index is -0.516. The molecular weight excluding hydrogens is 284 g/mol. The molecule has 0 aliphatic carbocycles. The van der Waals surface area contributed by atoms with Crippen molar-refractivity contribution in [2.45, 2.75) is 51.4 Å². The number of hydrogen-bond acceptors (Lipinski definition) is 6. The number of aryl methyl sites for hydroxylation is 1. The lowest BCUT2D eigenvalue weighted by Gasteiger charge is -2.04. The van der Waals surface area contributed by atoms with Crippen LogP contribution in [0.2, 0.25) is 0 Å². The van der Waals surface area contributed by atoms with Gasteiger partial charge in [0.15, 0.2) is 0 Å². The molecular formula is C16H24N2O4. The number of carbonyl (C=O) groups excluding carboxylic acids is 2. The van der Waals surface area contributed by atoms with Crippen molar-refractivity contribution in [3.63, 3.8) is 0 Å². The molecule has 0 spiro atoms. The lowest BCUT2D eigenvalue weighted by atomic mass is 10.0. The van der Waals surface area contributed by atoms with Crippen LogP contribution in [0.4, 0.5) is 0 Å². The molecule has 122 valence electrons. The Morgan fingerprint density at radius 3 is 2.27 bits per heavy atom. The Labute approximate surface area is 130 Å². The van der Waals surface area contributed by atoms with Crippen molar-refractivity contribution in [3.05, 3.63) is 35.4 Å². The smallest absolute Gasteiger partial charge is 0.356 e. The summed E-state index contributed by atoms with van der Waals surface area (Å²) in [4.78, 5) is 30.5. The van der Waals surface area contributed by atoms with Gasteiger partial charge in [-0.25, -0.2) is 4.79 Å². The average Bonchev–Trinajstić information content (AvgIpc) is 2.56. The van der Waals surface area contributed by atoms with Crippen molar-refractivity contribution >= 4 is 11.9 Å². The largest absolute Gasteiger partial charge is 0.373 e. The van der Waals surface area contributed by atoms with Crippen LogP contribution in [-0.4, -0.2) is 11.9 Å². The Morgan fingerprint density at radius 2 is 1.59 bits per heavy atom. The van der Waals surface area contributed by atoms with Crippen molar-refractivity contribution in [2.24, 2.45) is 11.8 Å². The SMILES string of the molecule is NOC(=O)CCCCCCCCc1cccc(C(=O)ON)c1. The molecule has 0 atom stereocenters. The van der Waals surface area contributed by atoms with Gasteiger partial charge in [-0.15, -0.1) is 0 Å². The van der Waals surface area contributed by atoms with Crippen LogP contribution in [-0.2, 0) is 20.9 Å². The topological polar surface area (TPSA) is 105 Å². The molecule has 0 heterocycles. The van der Waals surface area contributed by atoms with Crippen LogP contribution in [0.5, 0.6) is 0 Å². The molecule has 6 heteroatoms. The molecule has 1 rings (SSSR count). The minimum Gasteiger partial charge on any atom is -0.373 e. The van der Waals surface area contributed by atoms with E-state index in [0.29, 0.717) is 12.0 Å². The molecule has 0 radical (unpaired) electrons. The summed E-state index contributed by atoms with van der Waals surface area (Å²) in [6, 6.07) is 7.32. The van der Waals surface area contributed by atoms with Crippen molar-refractivity contribution in [1.82, 2.24) is 0 Å². The zero-order valence-electron chi connectivity index (χ0n) is 12.8. The summed E-state index contributed by atoms with van der Waals surface area (Å²) in [7, 11) is 0. The molecule has 6 nitrogen and oxygen atoms in total. The Bertz CT molecular complexity index is 477. The van der Waals surface area contributed by atoms with Crippen molar-refractivity contribution < 1.29 is 19.3 Å². The maximum atomic E-state index is 11.3. The van der Waals surface area contributed by atoms with Gasteiger partial charge in [0.25, 0.3) is 0 Å². The molecule has 1 aromatic rings. The third kappa shape index (κ3) is 7.19. The van der Waals surface area contributed by atoms with E-state index < -0.39 is 5.97 Å². The van der Waals surface area contributed by atoms with Crippen LogP contribution in [0.25, 0.3) is 0 Å². The highest BCUT2D eigenvalue weighted by atomic mass is 16.7. The van der Waals surface area contributed by atoms with Gasteiger partial charge in [-0.1, -0.05) is 37.8 Å². The first-order valence-electron chi connectivity index (χ1n) is 7.57. The standard InChI is InChI=1S/C16H24N2O4/c17-21-15(19)11-6-4-2-1-3-5-8-13-9-7-10-14(12-13)16(20)22-18/h7,9-10,12H,1-6,8,11,17-18H2. The first-order valence-corrected chi connectivity index (χ1v) is 7.57. The first kappa shape index (κ1) is 18.1. The van der Waals surface area contributed by atoms with Crippen LogP contribution in [0, 0.1) is 0 Å². The summed E-state index contributed by atoms with van der Waals surface area (Å²) in [5.41, 5.74) is 1.58. The average molecular weight is 308 g/mol. The van der Waals surface area contributed by atoms with E-state index in [1.807, 2.05) is 18.2 Å². The van der Waals surface area contributed by atoms with Gasteiger partial charge in [-0.05, 0) is 37.0 Å². The number of benzene rings is 1. The molecule has 1 aromatic carbocycles. The van der Waals surface area contributed by atoms with Crippen LogP contribution >= 0.6 is 0 Å². The second-order valence-corrected chi connectivity index (χ2v) is 5.22. The van der Waals surface area contributed by atoms with E-state index >= 15 is 0 Å². The van der Waals surface area contributed by atoms with Crippen molar-refractivity contribution in [3.8, 4) is 0 Å². The van der Waals surface area contributed by atoms with Crippen LogP contribution in [0.15, 0.2) is 24.3 Å². The number of hydrogen-bond donors (Lipinski definition) is 2. The van der Waals surface area contributed by atoms with E-state index in [1.165, 1.54) is 0 Å². The lowest BCUT2D eigenvalue weighted by molar-refractivity contribution is -0.144. The summed E-state index contributed by atoms with van der Waals surface area (Å²) in [6.07, 6.45) is 7.54. The maximum Gasteiger partial charge on any atom is 0.356 e. The van der Waals surface area contributed by atoms with Gasteiger partial charge in [0.1, 0.15) is 0 Å². The Balaban J connectivity index is 2.12. The van der Waals surface area contributed by atoms with Crippen LogP contribution in [0.3, 0.4) is 0 Å². The molecule has 0 aliphatic rings. The molecule has 4 N–H and O–H groups in total. The third-order valence-corrected chi connectivity index (χ3v) is 3.50. The fourth-order valence-corrected chi connectivity index (χ4v) is 2.29. The summed E-state index contributed by atoms with van der Waals surface area (Å²) in [5.74, 6) is 8.77. The maximum absolute atomic E-state index is 11.3. The predicted molar refractivity (Wildman–Crippen MR) is 82.3 cm³/mol. The lowest BCUT2D eigenvalue weighted by Crippen LogP contribution is -2.10. The molecule has 0 amide bonds. The number of rotatable bonds is 10. The number of carbonyl (C=O) groups is 2. The molecule has 0 saturated heterocycles. The molecule has 22 heavy (non-hydrogen) atoms. The first-order chi connectivity index (χ1) is 10.7. The van der Waals surface area contributed by atoms with Gasteiger partial charge in [-0.3, -0.25) is 4.79 Å². The van der Waals surface area contributed by atoms with E-state index in [2.05, 4.69) is 9.68 Å². The Morgan fingerprint density at radius 1 is 0.909 bits per heavy atom. The van der Waals surface area contributed by atoms with E-state index in [9.17, 15) is 9.59 Å².